The first-order valence-electron chi connectivity index (χ1n) is 9.32. The number of benzene rings is 2. The molecule has 140 valence electrons. The number of piperidine rings is 1. The standard InChI is InChI=1S/C22H29NO3/c1-16(23-12-6-5-7-13-23)17-8-10-18(11-9-17)19-14-20(24-2)22(26-4)21(15-19)25-3/h8-11,14-16H,5-7,12-13H2,1-4H3/t16-/m0/s1. The molecule has 0 aromatic heterocycles. The van der Waals surface area contributed by atoms with Crippen LogP contribution in [0.3, 0.4) is 0 Å². The monoisotopic (exact) mass is 355 g/mol. The van der Waals surface area contributed by atoms with Gasteiger partial charge in [0.15, 0.2) is 11.5 Å². The van der Waals surface area contributed by atoms with E-state index in [4.69, 9.17) is 14.2 Å². The molecule has 1 atom stereocenters. The van der Waals surface area contributed by atoms with Crippen molar-refractivity contribution >= 4 is 0 Å². The molecule has 2 aromatic carbocycles. The zero-order valence-corrected chi connectivity index (χ0v) is 16.2. The predicted molar refractivity (Wildman–Crippen MR) is 105 cm³/mol. The lowest BCUT2D eigenvalue weighted by Crippen LogP contribution is -2.32. The predicted octanol–water partition coefficient (Wildman–Crippen LogP) is 4.93. The SMILES string of the molecule is COc1cc(-c2ccc([C@H](C)N3CCCCC3)cc2)cc(OC)c1OC. The molecule has 2 aromatic rings. The van der Waals surface area contributed by atoms with E-state index >= 15 is 0 Å². The molecule has 3 rings (SSSR count). The van der Waals surface area contributed by atoms with Crippen LogP contribution in [-0.2, 0) is 0 Å². The third kappa shape index (κ3) is 3.80. The molecule has 1 heterocycles. The molecule has 1 aliphatic heterocycles. The molecular formula is C22H29NO3. The van der Waals surface area contributed by atoms with Gasteiger partial charge in [0.2, 0.25) is 5.75 Å². The summed E-state index contributed by atoms with van der Waals surface area (Å²) in [6, 6.07) is 13.3. The highest BCUT2D eigenvalue weighted by Gasteiger charge is 2.18. The van der Waals surface area contributed by atoms with Gasteiger partial charge in [-0.3, -0.25) is 4.90 Å². The number of nitrogens with zero attached hydrogens (tertiary/aromatic N) is 1. The summed E-state index contributed by atoms with van der Waals surface area (Å²) < 4.78 is 16.4. The number of hydrogen-bond acceptors (Lipinski definition) is 4. The van der Waals surface area contributed by atoms with E-state index in [0.717, 1.165) is 11.1 Å². The normalized spacial score (nSPS) is 16.2. The average molecular weight is 355 g/mol. The summed E-state index contributed by atoms with van der Waals surface area (Å²) in [6.07, 6.45) is 3.99. The Kier molecular flexibility index (Phi) is 6.04. The molecular weight excluding hydrogens is 326 g/mol. The molecule has 0 spiro atoms. The molecule has 26 heavy (non-hydrogen) atoms. The summed E-state index contributed by atoms with van der Waals surface area (Å²) in [4.78, 5) is 2.58. The molecule has 0 saturated carbocycles. The van der Waals surface area contributed by atoms with Crippen LogP contribution in [0.2, 0.25) is 0 Å². The van der Waals surface area contributed by atoms with Gasteiger partial charge in [-0.25, -0.2) is 0 Å². The number of methoxy groups -OCH3 is 3. The van der Waals surface area contributed by atoms with Crippen molar-refractivity contribution in [1.29, 1.82) is 0 Å². The number of rotatable bonds is 6. The highest BCUT2D eigenvalue weighted by Crippen LogP contribution is 2.41. The fraction of sp³-hybridized carbons (Fsp3) is 0.455. The van der Waals surface area contributed by atoms with E-state index in [1.807, 2.05) is 12.1 Å². The Morgan fingerprint density at radius 3 is 1.85 bits per heavy atom. The van der Waals surface area contributed by atoms with Crippen molar-refractivity contribution in [3.05, 3.63) is 42.0 Å². The van der Waals surface area contributed by atoms with Crippen molar-refractivity contribution in [2.45, 2.75) is 32.2 Å². The van der Waals surface area contributed by atoms with Crippen LogP contribution in [0.15, 0.2) is 36.4 Å². The molecule has 0 amide bonds. The van der Waals surface area contributed by atoms with Crippen molar-refractivity contribution in [1.82, 2.24) is 4.90 Å². The first-order chi connectivity index (χ1) is 12.7. The summed E-state index contributed by atoms with van der Waals surface area (Å²) in [6.45, 7) is 4.71. The van der Waals surface area contributed by atoms with Gasteiger partial charge in [0.25, 0.3) is 0 Å². The van der Waals surface area contributed by atoms with Gasteiger partial charge in [-0.15, -0.1) is 0 Å². The lowest BCUT2D eigenvalue weighted by Gasteiger charge is -2.32. The maximum Gasteiger partial charge on any atom is 0.203 e. The van der Waals surface area contributed by atoms with Gasteiger partial charge in [0, 0.05) is 6.04 Å². The molecule has 0 aliphatic carbocycles. The van der Waals surface area contributed by atoms with Crippen LogP contribution in [0.4, 0.5) is 0 Å². The zero-order valence-electron chi connectivity index (χ0n) is 16.2. The van der Waals surface area contributed by atoms with E-state index in [1.54, 1.807) is 21.3 Å². The lowest BCUT2D eigenvalue weighted by molar-refractivity contribution is 0.175. The van der Waals surface area contributed by atoms with Crippen molar-refractivity contribution in [3.63, 3.8) is 0 Å². The first kappa shape index (κ1) is 18.6. The molecule has 1 fully saturated rings. The van der Waals surface area contributed by atoms with E-state index in [0.29, 0.717) is 23.3 Å². The highest BCUT2D eigenvalue weighted by molar-refractivity contribution is 5.71. The quantitative estimate of drug-likeness (QED) is 0.735. The van der Waals surface area contributed by atoms with Gasteiger partial charge in [-0.1, -0.05) is 30.7 Å². The highest BCUT2D eigenvalue weighted by atomic mass is 16.5. The summed E-state index contributed by atoms with van der Waals surface area (Å²) >= 11 is 0. The third-order valence-corrected chi connectivity index (χ3v) is 5.33. The fourth-order valence-corrected chi connectivity index (χ4v) is 3.72. The Labute approximate surface area is 156 Å². The molecule has 4 heteroatoms. The van der Waals surface area contributed by atoms with Crippen LogP contribution < -0.4 is 14.2 Å². The van der Waals surface area contributed by atoms with Crippen LogP contribution in [0, 0.1) is 0 Å². The molecule has 4 nitrogen and oxygen atoms in total. The van der Waals surface area contributed by atoms with E-state index in [-0.39, 0.29) is 0 Å². The van der Waals surface area contributed by atoms with E-state index in [9.17, 15) is 0 Å². The van der Waals surface area contributed by atoms with Crippen LogP contribution in [-0.4, -0.2) is 39.3 Å². The van der Waals surface area contributed by atoms with Crippen LogP contribution in [0.5, 0.6) is 17.2 Å². The van der Waals surface area contributed by atoms with E-state index in [1.165, 1.54) is 37.9 Å². The van der Waals surface area contributed by atoms with E-state index < -0.39 is 0 Å². The lowest BCUT2D eigenvalue weighted by atomic mass is 9.99. The minimum atomic E-state index is 0.462. The summed E-state index contributed by atoms with van der Waals surface area (Å²) in [5, 5.41) is 0. The van der Waals surface area contributed by atoms with Crippen LogP contribution in [0.1, 0.15) is 37.8 Å². The smallest absolute Gasteiger partial charge is 0.203 e. The molecule has 1 aliphatic rings. The first-order valence-corrected chi connectivity index (χ1v) is 9.32. The molecule has 0 bridgehead atoms. The van der Waals surface area contributed by atoms with Gasteiger partial charge in [0.1, 0.15) is 0 Å². The second kappa shape index (κ2) is 8.45. The van der Waals surface area contributed by atoms with Crippen molar-refractivity contribution in [2.24, 2.45) is 0 Å². The number of hydrogen-bond donors (Lipinski definition) is 0. The summed E-state index contributed by atoms with van der Waals surface area (Å²) in [5.74, 6) is 1.97. The fourth-order valence-electron chi connectivity index (χ4n) is 3.72. The second-order valence-corrected chi connectivity index (χ2v) is 6.81. The molecule has 0 N–H and O–H groups in total. The van der Waals surface area contributed by atoms with Crippen molar-refractivity contribution < 1.29 is 14.2 Å². The second-order valence-electron chi connectivity index (χ2n) is 6.81. The van der Waals surface area contributed by atoms with Gasteiger partial charge in [-0.05, 0) is 61.7 Å². The summed E-state index contributed by atoms with van der Waals surface area (Å²) in [5.41, 5.74) is 3.55. The summed E-state index contributed by atoms with van der Waals surface area (Å²) in [7, 11) is 4.91. The molecule has 1 saturated heterocycles. The Bertz CT molecular complexity index is 696. The minimum Gasteiger partial charge on any atom is -0.493 e. The molecule has 0 unspecified atom stereocenters. The van der Waals surface area contributed by atoms with Gasteiger partial charge in [-0.2, -0.15) is 0 Å². The Hall–Kier alpha value is -2.20. The maximum atomic E-state index is 5.47. The Morgan fingerprint density at radius 2 is 1.35 bits per heavy atom. The topological polar surface area (TPSA) is 30.9 Å². The van der Waals surface area contributed by atoms with Crippen molar-refractivity contribution in [3.8, 4) is 28.4 Å². The third-order valence-electron chi connectivity index (χ3n) is 5.33. The maximum absolute atomic E-state index is 5.47. The minimum absolute atomic E-state index is 0.462. The van der Waals surface area contributed by atoms with Crippen LogP contribution >= 0.6 is 0 Å². The zero-order chi connectivity index (χ0) is 18.5. The van der Waals surface area contributed by atoms with Gasteiger partial charge >= 0.3 is 0 Å². The Morgan fingerprint density at radius 1 is 0.769 bits per heavy atom. The molecule has 0 radical (unpaired) electrons. The van der Waals surface area contributed by atoms with E-state index in [2.05, 4.69) is 36.1 Å². The van der Waals surface area contributed by atoms with Crippen molar-refractivity contribution in [2.75, 3.05) is 34.4 Å². The largest absolute Gasteiger partial charge is 0.493 e. The number of likely N-dealkylation sites (tertiary alicyclic amines) is 1. The van der Waals surface area contributed by atoms with Gasteiger partial charge in [0.05, 0.1) is 21.3 Å². The average Bonchev–Trinajstić information content (AvgIpc) is 2.72. The van der Waals surface area contributed by atoms with Gasteiger partial charge < -0.3 is 14.2 Å². The number of ether oxygens (including phenoxy) is 3. The Balaban J connectivity index is 1.86. The van der Waals surface area contributed by atoms with Crippen LogP contribution in [0.25, 0.3) is 11.1 Å².